The average Bonchev–Trinajstić information content (AvgIpc) is 2.53. The van der Waals surface area contributed by atoms with Crippen LogP contribution in [0.5, 0.6) is 11.5 Å². The van der Waals surface area contributed by atoms with Crippen LogP contribution in [0.2, 0.25) is 0 Å². The molecule has 1 amide bonds. The first-order valence-corrected chi connectivity index (χ1v) is 6.23. The van der Waals surface area contributed by atoms with E-state index in [9.17, 15) is 4.79 Å². The molecule has 4 nitrogen and oxygen atoms in total. The van der Waals surface area contributed by atoms with Crippen LogP contribution in [0, 0.1) is 0 Å². The molecule has 0 aliphatic carbocycles. The minimum absolute atomic E-state index is 0.0468. The van der Waals surface area contributed by atoms with Crippen LogP contribution in [0.4, 0.5) is 5.69 Å². The summed E-state index contributed by atoms with van der Waals surface area (Å²) in [6.07, 6.45) is 1.27. The molecule has 0 spiro atoms. The van der Waals surface area contributed by atoms with Crippen molar-refractivity contribution in [2.45, 2.75) is 12.8 Å². The highest BCUT2D eigenvalue weighted by Gasteiger charge is 2.11. The van der Waals surface area contributed by atoms with Crippen molar-refractivity contribution >= 4 is 24.2 Å². The van der Waals surface area contributed by atoms with Gasteiger partial charge in [-0.15, -0.1) is 0 Å². The van der Waals surface area contributed by atoms with Gasteiger partial charge in [-0.2, -0.15) is 12.6 Å². The van der Waals surface area contributed by atoms with E-state index in [0.717, 1.165) is 17.9 Å². The van der Waals surface area contributed by atoms with E-state index >= 15 is 0 Å². The topological polar surface area (TPSA) is 47.6 Å². The molecule has 0 bridgehead atoms. The van der Waals surface area contributed by atoms with Crippen molar-refractivity contribution in [3.63, 3.8) is 0 Å². The minimum atomic E-state index is -0.0468. The normalized spacial score (nSPS) is 13.9. The lowest BCUT2D eigenvalue weighted by Crippen LogP contribution is -2.11. The van der Waals surface area contributed by atoms with Crippen molar-refractivity contribution < 1.29 is 14.3 Å². The van der Waals surface area contributed by atoms with E-state index in [1.807, 2.05) is 12.1 Å². The zero-order chi connectivity index (χ0) is 12.1. The fourth-order valence-corrected chi connectivity index (χ4v) is 1.77. The lowest BCUT2D eigenvalue weighted by Gasteiger charge is -2.10. The Bertz CT molecular complexity index is 409. The zero-order valence-electron chi connectivity index (χ0n) is 9.44. The highest BCUT2D eigenvalue weighted by Crippen LogP contribution is 2.32. The van der Waals surface area contributed by atoms with Crippen LogP contribution >= 0.6 is 12.6 Å². The third-order valence-corrected chi connectivity index (χ3v) is 2.59. The maximum absolute atomic E-state index is 11.4. The summed E-state index contributed by atoms with van der Waals surface area (Å²) in [4.78, 5) is 11.4. The molecular weight excluding hydrogens is 238 g/mol. The van der Waals surface area contributed by atoms with E-state index in [0.29, 0.717) is 31.1 Å². The van der Waals surface area contributed by atoms with Gasteiger partial charge in [-0.1, -0.05) is 0 Å². The van der Waals surface area contributed by atoms with Crippen molar-refractivity contribution in [1.82, 2.24) is 0 Å². The molecule has 1 aliphatic rings. The van der Waals surface area contributed by atoms with Crippen molar-refractivity contribution in [3.05, 3.63) is 18.2 Å². The molecule has 5 heteroatoms. The van der Waals surface area contributed by atoms with Gasteiger partial charge < -0.3 is 14.8 Å². The third kappa shape index (κ3) is 3.30. The predicted molar refractivity (Wildman–Crippen MR) is 69.1 cm³/mol. The van der Waals surface area contributed by atoms with E-state index in [2.05, 4.69) is 17.9 Å². The molecule has 1 heterocycles. The Morgan fingerprint density at radius 3 is 2.82 bits per heavy atom. The molecule has 0 saturated heterocycles. The van der Waals surface area contributed by atoms with Gasteiger partial charge in [0.25, 0.3) is 0 Å². The Kier molecular flexibility index (Phi) is 4.14. The summed E-state index contributed by atoms with van der Waals surface area (Å²) in [5.74, 6) is 1.91. The number of hydrogen-bond acceptors (Lipinski definition) is 4. The predicted octanol–water partition coefficient (Wildman–Crippen LogP) is 2.11. The molecule has 0 radical (unpaired) electrons. The molecule has 1 N–H and O–H groups in total. The van der Waals surface area contributed by atoms with E-state index in [1.54, 1.807) is 6.07 Å². The number of anilines is 1. The number of amides is 1. The third-order valence-electron chi connectivity index (χ3n) is 2.37. The molecule has 17 heavy (non-hydrogen) atoms. The van der Waals surface area contributed by atoms with Gasteiger partial charge in [-0.3, -0.25) is 4.79 Å². The summed E-state index contributed by atoms with van der Waals surface area (Å²) >= 11 is 4.01. The second-order valence-electron chi connectivity index (χ2n) is 3.73. The maximum atomic E-state index is 11.4. The molecule has 0 unspecified atom stereocenters. The number of nitrogens with one attached hydrogen (secondary N) is 1. The first kappa shape index (κ1) is 12.1. The van der Waals surface area contributed by atoms with Crippen LogP contribution in [-0.2, 0) is 4.79 Å². The van der Waals surface area contributed by atoms with Gasteiger partial charge in [0.15, 0.2) is 11.5 Å². The van der Waals surface area contributed by atoms with E-state index in [1.165, 1.54) is 0 Å². The largest absolute Gasteiger partial charge is 0.490 e. The van der Waals surface area contributed by atoms with Crippen LogP contribution in [-0.4, -0.2) is 24.9 Å². The number of ether oxygens (including phenoxy) is 2. The number of carbonyl (C=O) groups excluding carboxylic acids is 1. The summed E-state index contributed by atoms with van der Waals surface area (Å²) in [7, 11) is 0. The van der Waals surface area contributed by atoms with Crippen LogP contribution in [0.1, 0.15) is 12.8 Å². The molecule has 1 aromatic carbocycles. The highest BCUT2D eigenvalue weighted by molar-refractivity contribution is 7.80. The molecular formula is C12H15NO3S. The first-order valence-electron chi connectivity index (χ1n) is 5.60. The minimum Gasteiger partial charge on any atom is -0.490 e. The van der Waals surface area contributed by atoms with Gasteiger partial charge in [-0.25, -0.2) is 0 Å². The number of hydrogen-bond donors (Lipinski definition) is 2. The van der Waals surface area contributed by atoms with Gasteiger partial charge in [-0.05, 0) is 17.9 Å². The number of fused-ring (bicyclic) bond motifs is 1. The van der Waals surface area contributed by atoms with Crippen LogP contribution in [0.25, 0.3) is 0 Å². The molecule has 2 rings (SSSR count). The maximum Gasteiger partial charge on any atom is 0.225 e. The van der Waals surface area contributed by atoms with Crippen molar-refractivity contribution in [2.75, 3.05) is 24.3 Å². The fourth-order valence-electron chi connectivity index (χ4n) is 1.57. The molecule has 1 aliphatic heterocycles. The average molecular weight is 253 g/mol. The lowest BCUT2D eigenvalue weighted by molar-refractivity contribution is -0.115. The molecule has 92 valence electrons. The Morgan fingerprint density at radius 1 is 1.29 bits per heavy atom. The van der Waals surface area contributed by atoms with Gasteiger partial charge in [0.2, 0.25) is 5.91 Å². The Labute approximate surface area is 106 Å². The molecule has 0 saturated carbocycles. The second-order valence-corrected chi connectivity index (χ2v) is 4.18. The van der Waals surface area contributed by atoms with E-state index in [-0.39, 0.29) is 5.91 Å². The van der Waals surface area contributed by atoms with Crippen LogP contribution < -0.4 is 14.8 Å². The number of thiol groups is 1. The first-order chi connectivity index (χ1) is 8.29. The number of benzene rings is 1. The summed E-state index contributed by atoms with van der Waals surface area (Å²) in [6.45, 7) is 1.30. The lowest BCUT2D eigenvalue weighted by atomic mass is 10.2. The van der Waals surface area contributed by atoms with Crippen molar-refractivity contribution in [2.24, 2.45) is 0 Å². The van der Waals surface area contributed by atoms with Gasteiger partial charge in [0, 0.05) is 24.6 Å². The van der Waals surface area contributed by atoms with Gasteiger partial charge >= 0.3 is 0 Å². The molecule has 1 aromatic rings. The van der Waals surface area contributed by atoms with E-state index < -0.39 is 0 Å². The Balaban J connectivity index is 2.09. The molecule has 0 atom stereocenters. The zero-order valence-corrected chi connectivity index (χ0v) is 10.3. The van der Waals surface area contributed by atoms with Crippen LogP contribution in [0.15, 0.2) is 18.2 Å². The Hall–Kier alpha value is -1.36. The fraction of sp³-hybridized carbons (Fsp3) is 0.417. The van der Waals surface area contributed by atoms with E-state index in [4.69, 9.17) is 9.47 Å². The van der Waals surface area contributed by atoms with Crippen molar-refractivity contribution in [3.8, 4) is 11.5 Å². The van der Waals surface area contributed by atoms with Gasteiger partial charge in [0.1, 0.15) is 0 Å². The number of carbonyl (C=O) groups is 1. The second kappa shape index (κ2) is 5.82. The monoisotopic (exact) mass is 253 g/mol. The standard InChI is InChI=1S/C12H15NO3S/c14-12(4-7-17)13-9-2-3-10-11(8-9)16-6-1-5-15-10/h2-3,8,17H,1,4-7H2,(H,13,14). The number of rotatable bonds is 3. The Morgan fingerprint density at radius 2 is 2.06 bits per heavy atom. The molecule has 0 fully saturated rings. The van der Waals surface area contributed by atoms with Gasteiger partial charge in [0.05, 0.1) is 13.2 Å². The van der Waals surface area contributed by atoms with Crippen LogP contribution in [0.3, 0.4) is 0 Å². The SMILES string of the molecule is O=C(CCS)Nc1ccc2c(c1)OCCCO2. The smallest absolute Gasteiger partial charge is 0.225 e. The summed E-state index contributed by atoms with van der Waals surface area (Å²) < 4.78 is 11.0. The summed E-state index contributed by atoms with van der Waals surface area (Å²) in [5.41, 5.74) is 0.723. The highest BCUT2D eigenvalue weighted by atomic mass is 32.1. The summed E-state index contributed by atoms with van der Waals surface area (Å²) in [5, 5.41) is 2.79. The molecule has 0 aromatic heterocycles. The van der Waals surface area contributed by atoms with Crippen molar-refractivity contribution in [1.29, 1.82) is 0 Å². The quantitative estimate of drug-likeness (QED) is 0.811. The summed E-state index contributed by atoms with van der Waals surface area (Å²) in [6, 6.07) is 5.41.